The van der Waals surface area contributed by atoms with Crippen LogP contribution in [0, 0.1) is 0 Å². The fraction of sp³-hybridized carbons (Fsp3) is 0.275. The highest BCUT2D eigenvalue weighted by Crippen LogP contribution is 2.29. The van der Waals surface area contributed by atoms with E-state index in [1.807, 2.05) is 18.2 Å². The molecule has 4 atom stereocenters. The number of aliphatic carboxylic acids is 1. The monoisotopic (exact) mass is 812 g/mol. The lowest BCUT2D eigenvalue weighted by Gasteiger charge is -2.26. The zero-order valence-corrected chi connectivity index (χ0v) is 31.1. The lowest BCUT2D eigenvalue weighted by molar-refractivity contribution is -0.142. The van der Waals surface area contributed by atoms with Crippen molar-refractivity contribution < 1.29 is 47.0 Å². The van der Waals surface area contributed by atoms with E-state index in [1.54, 1.807) is 30.3 Å². The van der Waals surface area contributed by atoms with Gasteiger partial charge in [0.2, 0.25) is 17.7 Å². The number of fused-ring (bicyclic) bond motifs is 16. The molecule has 0 saturated heterocycles. The number of rotatable bonds is 8. The SMILES string of the molecule is O=C1COc2ccc(cc2)CC(C(=O)O)NC(=O)C(CCc2ccccc2)NC(=O)C(Cc2ccc(Cl)cc2Cl)NC(=O)C(Cc2ccc(C(F)(F)F)cc2)N1. The van der Waals surface area contributed by atoms with E-state index in [0.717, 1.165) is 17.7 Å². The lowest BCUT2D eigenvalue weighted by Crippen LogP contribution is -2.59. The van der Waals surface area contributed by atoms with Gasteiger partial charge in [-0.05, 0) is 71.5 Å². The number of alkyl halides is 3. The summed E-state index contributed by atoms with van der Waals surface area (Å²) in [5.41, 5.74) is 1.09. The Morgan fingerprint density at radius 3 is 1.98 bits per heavy atom. The van der Waals surface area contributed by atoms with Gasteiger partial charge in [-0.15, -0.1) is 0 Å². The predicted molar refractivity (Wildman–Crippen MR) is 201 cm³/mol. The third kappa shape index (κ3) is 11.9. The molecule has 0 radical (unpaired) electrons. The molecule has 0 aliphatic carbocycles. The maximum atomic E-state index is 14.2. The van der Waals surface area contributed by atoms with Crippen molar-refractivity contribution in [2.75, 3.05) is 6.61 Å². The van der Waals surface area contributed by atoms with Gasteiger partial charge in [0, 0.05) is 29.3 Å². The second-order valence-corrected chi connectivity index (χ2v) is 14.0. The van der Waals surface area contributed by atoms with E-state index in [1.165, 1.54) is 36.4 Å². The molecule has 4 amide bonds. The van der Waals surface area contributed by atoms with Gasteiger partial charge >= 0.3 is 12.1 Å². The van der Waals surface area contributed by atoms with Crippen LogP contribution in [0.3, 0.4) is 0 Å². The van der Waals surface area contributed by atoms with Crippen LogP contribution >= 0.6 is 23.2 Å². The molecule has 16 heteroatoms. The Morgan fingerprint density at radius 2 is 1.36 bits per heavy atom. The van der Waals surface area contributed by atoms with Crippen molar-refractivity contribution in [1.82, 2.24) is 21.3 Å². The van der Waals surface area contributed by atoms with Crippen molar-refractivity contribution in [1.29, 1.82) is 0 Å². The van der Waals surface area contributed by atoms with Crippen LogP contribution in [-0.4, -0.2) is 65.5 Å². The molecule has 2 aliphatic heterocycles. The second kappa shape index (κ2) is 18.8. The van der Waals surface area contributed by atoms with E-state index in [9.17, 15) is 42.3 Å². The summed E-state index contributed by atoms with van der Waals surface area (Å²) in [6.07, 6.45) is -4.89. The van der Waals surface area contributed by atoms with E-state index in [0.29, 0.717) is 22.6 Å². The maximum Gasteiger partial charge on any atom is 0.416 e. The van der Waals surface area contributed by atoms with Crippen molar-refractivity contribution in [2.24, 2.45) is 0 Å². The van der Waals surface area contributed by atoms with E-state index in [4.69, 9.17) is 27.9 Å². The smallest absolute Gasteiger partial charge is 0.416 e. The molecule has 56 heavy (non-hydrogen) atoms. The quantitative estimate of drug-likeness (QED) is 0.155. The zero-order chi connectivity index (χ0) is 40.4. The molecule has 0 spiro atoms. The number of aryl methyl sites for hydroxylation is 1. The molecule has 2 bridgehead atoms. The summed E-state index contributed by atoms with van der Waals surface area (Å²) >= 11 is 12.6. The first-order chi connectivity index (χ1) is 26.6. The first kappa shape index (κ1) is 41.6. The molecule has 11 nitrogen and oxygen atoms in total. The van der Waals surface area contributed by atoms with Gasteiger partial charge in [0.05, 0.1) is 5.56 Å². The number of halogens is 5. The van der Waals surface area contributed by atoms with E-state index >= 15 is 0 Å². The number of ether oxygens (including phenoxy) is 1. The highest BCUT2D eigenvalue weighted by atomic mass is 35.5. The lowest BCUT2D eigenvalue weighted by atomic mass is 10.00. The normalized spacial score (nSPS) is 19.9. The highest BCUT2D eigenvalue weighted by Gasteiger charge is 2.33. The van der Waals surface area contributed by atoms with Crippen LogP contribution < -0.4 is 26.0 Å². The van der Waals surface area contributed by atoms with Crippen molar-refractivity contribution in [3.8, 4) is 5.75 Å². The van der Waals surface area contributed by atoms with Gasteiger partial charge < -0.3 is 31.1 Å². The Hall–Kier alpha value is -5.60. The number of benzene rings is 4. The summed E-state index contributed by atoms with van der Waals surface area (Å²) in [5.74, 6) is -4.38. The molecule has 4 aromatic rings. The van der Waals surface area contributed by atoms with Gasteiger partial charge in [-0.2, -0.15) is 13.2 Å². The minimum atomic E-state index is -4.60. The van der Waals surface area contributed by atoms with E-state index in [-0.39, 0.29) is 42.0 Å². The largest absolute Gasteiger partial charge is 0.484 e. The molecule has 294 valence electrons. The van der Waals surface area contributed by atoms with Crippen LogP contribution in [0.4, 0.5) is 13.2 Å². The summed E-state index contributed by atoms with van der Waals surface area (Å²) in [7, 11) is 0. The predicted octanol–water partition coefficient (Wildman–Crippen LogP) is 5.09. The van der Waals surface area contributed by atoms with Crippen molar-refractivity contribution in [3.05, 3.63) is 135 Å². The third-order valence-corrected chi connectivity index (χ3v) is 9.58. The molecule has 2 aliphatic rings. The Kier molecular flexibility index (Phi) is 14.0. The number of carbonyl (C=O) groups excluding carboxylic acids is 4. The highest BCUT2D eigenvalue weighted by molar-refractivity contribution is 6.35. The Balaban J connectivity index is 1.51. The maximum absolute atomic E-state index is 14.2. The fourth-order valence-electron chi connectivity index (χ4n) is 5.98. The second-order valence-electron chi connectivity index (χ2n) is 13.1. The molecular formula is C40H37Cl2F3N4O7. The van der Waals surface area contributed by atoms with E-state index in [2.05, 4.69) is 21.3 Å². The van der Waals surface area contributed by atoms with E-state index < -0.39 is 72.1 Å². The Bertz CT molecular complexity index is 2030. The zero-order valence-electron chi connectivity index (χ0n) is 29.6. The van der Waals surface area contributed by atoms with Crippen molar-refractivity contribution in [2.45, 2.75) is 62.4 Å². The molecule has 4 unspecified atom stereocenters. The number of amides is 4. The third-order valence-electron chi connectivity index (χ3n) is 8.99. The standard InChI is InChI=1S/C40H37Cl2F3N4O7/c41-28-14-11-26(30(42)21-28)20-33-38(53)47-31(17-10-23-4-2-1-3-5-23)36(51)49-34(39(54)55)19-25-8-15-29(16-9-25)56-22-35(50)46-32(37(52)48-33)18-24-6-12-27(13-7-24)40(43,44)45/h1-9,11-16,21,31-34H,10,17-20,22H2,(H,46,50)(H,47,53)(H,48,52)(H,49,51)(H,54,55). The molecule has 2 heterocycles. The molecule has 0 fully saturated rings. The molecule has 5 N–H and O–H groups in total. The van der Waals surface area contributed by atoms with Crippen LogP contribution in [0.15, 0.2) is 97.1 Å². The van der Waals surface area contributed by atoms with Crippen LogP contribution in [0.2, 0.25) is 10.0 Å². The topological polar surface area (TPSA) is 163 Å². The van der Waals surface area contributed by atoms with Crippen LogP contribution in [0.1, 0.15) is 34.2 Å². The molecular weight excluding hydrogens is 776 g/mol. The van der Waals surface area contributed by atoms with Gasteiger partial charge in [0.25, 0.3) is 5.91 Å². The average Bonchev–Trinajstić information content (AvgIpc) is 3.16. The van der Waals surface area contributed by atoms with Gasteiger partial charge in [-0.3, -0.25) is 19.2 Å². The number of nitrogens with one attached hydrogen (secondary N) is 4. The molecule has 0 saturated carbocycles. The van der Waals surface area contributed by atoms with Crippen LogP contribution in [-0.2, 0) is 55.8 Å². The van der Waals surface area contributed by atoms with Gasteiger partial charge in [-0.25, -0.2) is 4.79 Å². The summed E-state index contributed by atoms with van der Waals surface area (Å²) < 4.78 is 45.5. The van der Waals surface area contributed by atoms with Gasteiger partial charge in [-0.1, -0.05) is 83.9 Å². The average molecular weight is 814 g/mol. The van der Waals surface area contributed by atoms with Crippen LogP contribution in [0.25, 0.3) is 0 Å². The Morgan fingerprint density at radius 1 is 0.732 bits per heavy atom. The summed E-state index contributed by atoms with van der Waals surface area (Å²) in [6, 6.07) is 18.2. The number of carboxylic acids is 1. The summed E-state index contributed by atoms with van der Waals surface area (Å²) in [6.45, 7) is -0.572. The van der Waals surface area contributed by atoms with Gasteiger partial charge in [0.15, 0.2) is 6.61 Å². The van der Waals surface area contributed by atoms with Crippen molar-refractivity contribution >= 4 is 52.8 Å². The molecule has 0 aromatic heterocycles. The number of carboxylic acid groups (broad SMARTS) is 1. The fourth-order valence-corrected chi connectivity index (χ4v) is 6.46. The first-order valence-electron chi connectivity index (χ1n) is 17.4. The summed E-state index contributed by atoms with van der Waals surface area (Å²) in [5, 5.41) is 20.9. The molecule has 4 aromatic carbocycles. The molecule has 6 rings (SSSR count). The first-order valence-corrected chi connectivity index (χ1v) is 18.2. The number of carbonyl (C=O) groups is 5. The Labute approximate surface area is 329 Å². The number of hydrogen-bond donors (Lipinski definition) is 5. The van der Waals surface area contributed by atoms with Gasteiger partial charge in [0.1, 0.15) is 29.9 Å². The van der Waals surface area contributed by atoms with Crippen LogP contribution in [0.5, 0.6) is 5.75 Å². The van der Waals surface area contributed by atoms with Crippen molar-refractivity contribution in [3.63, 3.8) is 0 Å². The minimum absolute atomic E-state index is 0.0366. The minimum Gasteiger partial charge on any atom is -0.484 e. The summed E-state index contributed by atoms with van der Waals surface area (Å²) in [4.78, 5) is 67.6. The number of hydrogen-bond acceptors (Lipinski definition) is 6.